The predicted octanol–water partition coefficient (Wildman–Crippen LogP) is 6.18. The van der Waals surface area contributed by atoms with E-state index in [-0.39, 0.29) is 24.0 Å². The van der Waals surface area contributed by atoms with Crippen molar-refractivity contribution in [3.8, 4) is 28.5 Å². The molecule has 0 bridgehead atoms. The van der Waals surface area contributed by atoms with Gasteiger partial charge in [-0.05, 0) is 68.9 Å². The highest BCUT2D eigenvalue weighted by molar-refractivity contribution is 6.06. The Morgan fingerprint density at radius 1 is 1.00 bits per heavy atom. The summed E-state index contributed by atoms with van der Waals surface area (Å²) in [5.74, 6) is 0.960. The number of amides is 3. The standard InChI is InChI=1S/C38H38N10O2/c1-38(2)31-15-9-25(17-32(31)45-35(38)49)34-27(18-39)21-41-36(46-34)44-29-11-13-30(14-12-29)48(37(50)42-19-24-7-5-4-6-8-24)33-16-10-26(20-40-33)28-22-43-47(3)23-28/h4-10,15-17,20-23,29-30H,11-14,19H2,1-3H3,(H,42,50)(H,45,49)(H,41,44,46)/t29-,30-. The lowest BCUT2D eigenvalue weighted by Gasteiger charge is -2.36. The molecule has 2 aliphatic rings. The zero-order chi connectivity index (χ0) is 34.8. The van der Waals surface area contributed by atoms with Gasteiger partial charge in [-0.1, -0.05) is 42.5 Å². The molecule has 3 aromatic heterocycles. The van der Waals surface area contributed by atoms with Crippen LogP contribution >= 0.6 is 0 Å². The van der Waals surface area contributed by atoms with Gasteiger partial charge in [0.05, 0.1) is 29.1 Å². The van der Waals surface area contributed by atoms with Gasteiger partial charge < -0.3 is 16.0 Å². The van der Waals surface area contributed by atoms with Gasteiger partial charge in [0.2, 0.25) is 11.9 Å². The first kappa shape index (κ1) is 32.5. The summed E-state index contributed by atoms with van der Waals surface area (Å²) in [5.41, 5.74) is 5.50. The Morgan fingerprint density at radius 2 is 1.78 bits per heavy atom. The molecule has 1 saturated carbocycles. The van der Waals surface area contributed by atoms with E-state index < -0.39 is 5.41 Å². The summed E-state index contributed by atoms with van der Waals surface area (Å²) in [4.78, 5) is 42.0. The van der Waals surface area contributed by atoms with Crippen molar-refractivity contribution < 1.29 is 9.59 Å². The maximum absolute atomic E-state index is 13.8. The Hall–Kier alpha value is -6.09. The van der Waals surface area contributed by atoms with Crippen LogP contribution in [-0.4, -0.2) is 48.8 Å². The summed E-state index contributed by atoms with van der Waals surface area (Å²) in [7, 11) is 1.87. The smallest absolute Gasteiger partial charge is 0.323 e. The minimum absolute atomic E-state index is 0.0597. The van der Waals surface area contributed by atoms with Crippen LogP contribution < -0.4 is 20.9 Å². The lowest BCUT2D eigenvalue weighted by Crippen LogP contribution is -2.49. The van der Waals surface area contributed by atoms with Crippen LogP contribution in [0.3, 0.4) is 0 Å². The summed E-state index contributed by atoms with van der Waals surface area (Å²) in [6.07, 6.45) is 10.1. The zero-order valence-electron chi connectivity index (χ0n) is 28.2. The highest BCUT2D eigenvalue weighted by Gasteiger charge is 2.38. The summed E-state index contributed by atoms with van der Waals surface area (Å²) >= 11 is 0. The fourth-order valence-electron chi connectivity index (χ4n) is 6.74. The van der Waals surface area contributed by atoms with Crippen molar-refractivity contribution in [2.75, 3.05) is 15.5 Å². The van der Waals surface area contributed by atoms with Crippen LogP contribution in [0.4, 0.5) is 22.2 Å². The van der Waals surface area contributed by atoms with Crippen molar-refractivity contribution in [2.45, 2.75) is 63.6 Å². The number of hydrogen-bond acceptors (Lipinski definition) is 8. The van der Waals surface area contributed by atoms with Crippen molar-refractivity contribution in [3.05, 3.63) is 102 Å². The third-order valence-corrected chi connectivity index (χ3v) is 9.62. The average Bonchev–Trinajstić information content (AvgIpc) is 3.67. The second-order valence-electron chi connectivity index (χ2n) is 13.4. The molecule has 2 aromatic carbocycles. The molecule has 1 aliphatic heterocycles. The number of pyridine rings is 1. The lowest BCUT2D eigenvalue weighted by atomic mass is 9.85. The molecule has 0 radical (unpaired) electrons. The van der Waals surface area contributed by atoms with Crippen LogP contribution in [0.15, 0.2) is 85.5 Å². The molecule has 12 heteroatoms. The largest absolute Gasteiger partial charge is 0.351 e. The number of aromatic nitrogens is 5. The van der Waals surface area contributed by atoms with Crippen molar-refractivity contribution in [1.29, 1.82) is 5.26 Å². The highest BCUT2D eigenvalue weighted by atomic mass is 16.2. The quantitative estimate of drug-likeness (QED) is 0.177. The number of carbonyl (C=O) groups is 2. The fraction of sp³-hybridized carbons (Fsp3) is 0.289. The Balaban J connectivity index is 1.06. The Labute approximate surface area is 290 Å². The Bertz CT molecular complexity index is 2080. The van der Waals surface area contributed by atoms with Gasteiger partial charge >= 0.3 is 6.03 Å². The van der Waals surface area contributed by atoms with Gasteiger partial charge in [-0.15, -0.1) is 0 Å². The van der Waals surface area contributed by atoms with E-state index in [1.165, 1.54) is 6.20 Å². The van der Waals surface area contributed by atoms with E-state index in [1.54, 1.807) is 22.0 Å². The predicted molar refractivity (Wildman–Crippen MR) is 191 cm³/mol. The van der Waals surface area contributed by atoms with Gasteiger partial charge in [0.25, 0.3) is 0 Å². The molecule has 4 heterocycles. The maximum Gasteiger partial charge on any atom is 0.323 e. The van der Waals surface area contributed by atoms with E-state index in [1.807, 2.05) is 87.8 Å². The van der Waals surface area contributed by atoms with E-state index in [2.05, 4.69) is 32.1 Å². The number of benzene rings is 2. The summed E-state index contributed by atoms with van der Waals surface area (Å²) in [5, 5.41) is 23.6. The number of hydrogen-bond donors (Lipinski definition) is 3. The van der Waals surface area contributed by atoms with Crippen LogP contribution in [-0.2, 0) is 23.8 Å². The summed E-state index contributed by atoms with van der Waals surface area (Å²) in [6.45, 7) is 4.19. The van der Waals surface area contributed by atoms with Crippen molar-refractivity contribution in [3.63, 3.8) is 0 Å². The molecule has 1 aliphatic carbocycles. The number of rotatable bonds is 8. The molecule has 3 N–H and O–H groups in total. The molecule has 252 valence electrons. The third-order valence-electron chi connectivity index (χ3n) is 9.62. The molecule has 0 unspecified atom stereocenters. The molecule has 0 spiro atoms. The highest BCUT2D eigenvalue weighted by Crippen LogP contribution is 2.40. The van der Waals surface area contributed by atoms with Crippen LogP contribution in [0.1, 0.15) is 56.2 Å². The van der Waals surface area contributed by atoms with Gasteiger partial charge in [-0.3, -0.25) is 14.4 Å². The van der Waals surface area contributed by atoms with Crippen LogP contribution in [0.5, 0.6) is 0 Å². The molecular weight excluding hydrogens is 628 g/mol. The molecule has 5 aromatic rings. The van der Waals surface area contributed by atoms with Crippen molar-refractivity contribution >= 4 is 29.4 Å². The third kappa shape index (κ3) is 6.50. The molecular formula is C38H38N10O2. The monoisotopic (exact) mass is 666 g/mol. The first-order valence-electron chi connectivity index (χ1n) is 16.8. The van der Waals surface area contributed by atoms with E-state index in [0.29, 0.717) is 29.6 Å². The summed E-state index contributed by atoms with van der Waals surface area (Å²) in [6, 6.07) is 21.4. The molecule has 3 amide bonds. The first-order valence-corrected chi connectivity index (χ1v) is 16.8. The second-order valence-corrected chi connectivity index (χ2v) is 13.4. The normalized spacial score (nSPS) is 17.7. The number of carbonyl (C=O) groups excluding carboxylic acids is 2. The lowest BCUT2D eigenvalue weighted by molar-refractivity contribution is -0.119. The topological polar surface area (TPSA) is 154 Å². The number of nitrogens with one attached hydrogen (secondary N) is 3. The van der Waals surface area contributed by atoms with E-state index in [4.69, 9.17) is 9.97 Å². The minimum atomic E-state index is -0.624. The molecule has 50 heavy (non-hydrogen) atoms. The van der Waals surface area contributed by atoms with Gasteiger partial charge in [-0.25, -0.2) is 19.7 Å². The van der Waals surface area contributed by atoms with E-state index >= 15 is 0 Å². The molecule has 0 saturated heterocycles. The number of urea groups is 1. The van der Waals surface area contributed by atoms with Gasteiger partial charge in [-0.2, -0.15) is 10.4 Å². The molecule has 7 rings (SSSR count). The average molecular weight is 667 g/mol. The first-order chi connectivity index (χ1) is 24.2. The minimum Gasteiger partial charge on any atom is -0.351 e. The second kappa shape index (κ2) is 13.4. The van der Waals surface area contributed by atoms with Crippen LogP contribution in [0, 0.1) is 11.3 Å². The zero-order valence-corrected chi connectivity index (χ0v) is 28.2. The Kier molecular flexibility index (Phi) is 8.72. The Morgan fingerprint density at radius 3 is 2.48 bits per heavy atom. The SMILES string of the molecule is Cn1cc(-c2ccc(N(C(=O)NCc3ccccc3)[C@H]3CC[C@H](Nc4ncc(C#N)c(-c5ccc6c(c5)NC(=O)C6(C)C)n4)CC3)nc2)cn1. The number of anilines is 3. The van der Waals surface area contributed by atoms with Gasteiger partial charge in [0.15, 0.2) is 0 Å². The number of nitrogens with zero attached hydrogens (tertiary/aromatic N) is 7. The number of aryl methyl sites for hydroxylation is 1. The van der Waals surface area contributed by atoms with Gasteiger partial charge in [0, 0.05) is 60.4 Å². The summed E-state index contributed by atoms with van der Waals surface area (Å²) < 4.78 is 1.75. The van der Waals surface area contributed by atoms with Gasteiger partial charge in [0.1, 0.15) is 11.9 Å². The maximum atomic E-state index is 13.8. The fourth-order valence-corrected chi connectivity index (χ4v) is 6.74. The van der Waals surface area contributed by atoms with E-state index in [9.17, 15) is 14.9 Å². The van der Waals surface area contributed by atoms with E-state index in [0.717, 1.165) is 59.2 Å². The molecule has 12 nitrogen and oxygen atoms in total. The number of fused-ring (bicyclic) bond motifs is 1. The van der Waals surface area contributed by atoms with Crippen LogP contribution in [0.2, 0.25) is 0 Å². The molecule has 0 atom stereocenters. The molecule has 1 fully saturated rings. The van der Waals surface area contributed by atoms with Crippen LogP contribution in [0.25, 0.3) is 22.4 Å². The van der Waals surface area contributed by atoms with Crippen molar-refractivity contribution in [1.82, 2.24) is 30.0 Å². The van der Waals surface area contributed by atoms with Crippen molar-refractivity contribution in [2.24, 2.45) is 7.05 Å². The number of nitriles is 1.